The Kier molecular flexibility index (Phi) is 2.76. The van der Waals surface area contributed by atoms with Crippen LogP contribution in [0.2, 0.25) is 0 Å². The predicted octanol–water partition coefficient (Wildman–Crippen LogP) is 6.06. The highest BCUT2D eigenvalue weighted by molar-refractivity contribution is 6.24. The van der Waals surface area contributed by atoms with Crippen molar-refractivity contribution in [2.75, 3.05) is 0 Å². The average molecular weight is 299 g/mol. The number of hydrogen-bond donors (Lipinski definition) is 0. The lowest BCUT2D eigenvalue weighted by molar-refractivity contribution is 1.43. The quantitative estimate of drug-likeness (QED) is 0.311. The molecule has 0 spiro atoms. The fraction of sp³-hybridized carbons (Fsp3) is 0.111. The van der Waals surface area contributed by atoms with Gasteiger partial charge in [-0.25, -0.2) is 0 Å². The number of hydrogen-bond acceptors (Lipinski definition) is 0. The second-order valence-electron chi connectivity index (χ2n) is 5.23. The normalized spacial score (nSPS) is 11.9. The topological polar surface area (TPSA) is 0 Å². The van der Waals surface area contributed by atoms with Gasteiger partial charge in [0.05, 0.1) is 0 Å². The Morgan fingerprint density at radius 2 is 0.850 bits per heavy atom. The van der Waals surface area contributed by atoms with E-state index in [1.54, 1.807) is 0 Å². The highest BCUT2D eigenvalue weighted by atomic mass is 35.5. The van der Waals surface area contributed by atoms with E-state index in [1.165, 1.54) is 43.4 Å². The van der Waals surface area contributed by atoms with Crippen molar-refractivity contribution in [3.05, 3.63) is 59.7 Å². The highest BCUT2D eigenvalue weighted by Gasteiger charge is 2.10. The number of halogens is 2. The molecule has 4 aromatic carbocycles. The maximum atomic E-state index is 5.99. The van der Waals surface area contributed by atoms with Crippen LogP contribution in [-0.2, 0) is 11.8 Å². The first-order chi connectivity index (χ1) is 9.80. The first-order valence-electron chi connectivity index (χ1n) is 6.62. The minimum atomic E-state index is 0.548. The molecule has 0 aliphatic carbocycles. The van der Waals surface area contributed by atoms with Crippen LogP contribution in [0, 0.1) is 0 Å². The molecule has 20 heavy (non-hydrogen) atoms. The summed E-state index contributed by atoms with van der Waals surface area (Å²) in [5.41, 5.74) is 2.33. The molecule has 98 valence electrons. The Hall–Kier alpha value is -1.50. The summed E-state index contributed by atoms with van der Waals surface area (Å²) < 4.78 is 0. The maximum absolute atomic E-state index is 5.99. The van der Waals surface area contributed by atoms with Crippen molar-refractivity contribution in [1.82, 2.24) is 0 Å². The molecule has 4 rings (SSSR count). The van der Waals surface area contributed by atoms with Crippen molar-refractivity contribution < 1.29 is 0 Å². The Morgan fingerprint density at radius 3 is 1.10 bits per heavy atom. The summed E-state index contributed by atoms with van der Waals surface area (Å²) in [5.74, 6) is 1.10. The Bertz CT molecular complexity index is 781. The molecule has 0 heterocycles. The van der Waals surface area contributed by atoms with E-state index in [0.717, 1.165) is 0 Å². The van der Waals surface area contributed by atoms with Crippen LogP contribution in [0.25, 0.3) is 32.3 Å². The van der Waals surface area contributed by atoms with Crippen molar-refractivity contribution >= 4 is 55.5 Å². The summed E-state index contributed by atoms with van der Waals surface area (Å²) in [4.78, 5) is 0. The molecule has 0 nitrogen and oxygen atoms in total. The van der Waals surface area contributed by atoms with Crippen LogP contribution < -0.4 is 0 Å². The van der Waals surface area contributed by atoms with E-state index in [1.807, 2.05) is 0 Å². The zero-order valence-corrected chi connectivity index (χ0v) is 12.3. The third-order valence-corrected chi connectivity index (χ3v) is 4.58. The van der Waals surface area contributed by atoms with Gasteiger partial charge in [-0.2, -0.15) is 0 Å². The van der Waals surface area contributed by atoms with Gasteiger partial charge in [-0.1, -0.05) is 24.3 Å². The molecule has 0 atom stereocenters. The van der Waals surface area contributed by atoms with Crippen LogP contribution in [0.3, 0.4) is 0 Å². The summed E-state index contributed by atoms with van der Waals surface area (Å²) in [7, 11) is 0. The summed E-state index contributed by atoms with van der Waals surface area (Å²) in [6.07, 6.45) is 0. The lowest BCUT2D eigenvalue weighted by Gasteiger charge is -2.13. The van der Waals surface area contributed by atoms with E-state index in [2.05, 4.69) is 48.5 Å². The summed E-state index contributed by atoms with van der Waals surface area (Å²) in [6.45, 7) is 0. The van der Waals surface area contributed by atoms with Crippen LogP contribution in [0.15, 0.2) is 48.5 Å². The second kappa shape index (κ2) is 4.51. The van der Waals surface area contributed by atoms with Gasteiger partial charge in [0.15, 0.2) is 0 Å². The standard InChI is InChI=1S/C18H12Cl2/c19-9-11-5-13-1-2-14-6-12(10-20)8-16-4-3-15(7-11)17(13)18(14)16/h1-8H,9-10H2. The fourth-order valence-corrected chi connectivity index (χ4v) is 3.43. The minimum absolute atomic E-state index is 0.548. The molecule has 0 aromatic heterocycles. The van der Waals surface area contributed by atoms with Crippen molar-refractivity contribution in [1.29, 1.82) is 0 Å². The third-order valence-electron chi connectivity index (χ3n) is 3.96. The first kappa shape index (κ1) is 12.3. The Balaban J connectivity index is 2.24. The Labute approximate surface area is 127 Å². The molecule has 0 aliphatic heterocycles. The van der Waals surface area contributed by atoms with Crippen molar-refractivity contribution in [3.8, 4) is 0 Å². The first-order valence-corrected chi connectivity index (χ1v) is 7.69. The lowest BCUT2D eigenvalue weighted by atomic mass is 9.92. The molecule has 0 amide bonds. The van der Waals surface area contributed by atoms with Crippen molar-refractivity contribution in [2.24, 2.45) is 0 Å². The maximum Gasteiger partial charge on any atom is 0.0474 e. The number of benzene rings is 4. The molecule has 0 saturated carbocycles. The predicted molar refractivity (Wildman–Crippen MR) is 89.3 cm³/mol. The summed E-state index contributed by atoms with van der Waals surface area (Å²) in [6, 6.07) is 17.5. The average Bonchev–Trinajstić information content (AvgIpc) is 2.51. The molecule has 2 heteroatoms. The molecule has 0 unspecified atom stereocenters. The largest absolute Gasteiger partial charge is 0.122 e. The SMILES string of the molecule is ClCc1cc2ccc3cc(CCl)cc4ccc(c1)c2c34. The van der Waals surface area contributed by atoms with Gasteiger partial charge in [0.2, 0.25) is 0 Å². The Morgan fingerprint density at radius 1 is 0.550 bits per heavy atom. The number of rotatable bonds is 2. The second-order valence-corrected chi connectivity index (χ2v) is 5.77. The molecular formula is C18H12Cl2. The number of alkyl halides is 2. The third kappa shape index (κ3) is 1.69. The molecule has 0 fully saturated rings. The molecule has 0 saturated heterocycles. The molecular weight excluding hydrogens is 287 g/mol. The van der Waals surface area contributed by atoms with Gasteiger partial charge in [-0.15, -0.1) is 23.2 Å². The van der Waals surface area contributed by atoms with E-state index in [0.29, 0.717) is 11.8 Å². The molecule has 4 aromatic rings. The van der Waals surface area contributed by atoms with E-state index in [4.69, 9.17) is 23.2 Å². The smallest absolute Gasteiger partial charge is 0.0474 e. The van der Waals surface area contributed by atoms with E-state index >= 15 is 0 Å². The van der Waals surface area contributed by atoms with Gasteiger partial charge in [-0.3, -0.25) is 0 Å². The lowest BCUT2D eigenvalue weighted by Crippen LogP contribution is -1.88. The van der Waals surface area contributed by atoms with Crippen molar-refractivity contribution in [3.63, 3.8) is 0 Å². The van der Waals surface area contributed by atoms with E-state index < -0.39 is 0 Å². The monoisotopic (exact) mass is 298 g/mol. The zero-order valence-electron chi connectivity index (χ0n) is 10.8. The minimum Gasteiger partial charge on any atom is -0.122 e. The van der Waals surface area contributed by atoms with Crippen LogP contribution in [0.4, 0.5) is 0 Å². The van der Waals surface area contributed by atoms with Crippen LogP contribution in [0.5, 0.6) is 0 Å². The fourth-order valence-electron chi connectivity index (χ4n) is 3.12. The summed E-state index contributed by atoms with van der Waals surface area (Å²) in [5, 5.41) is 7.69. The zero-order chi connectivity index (χ0) is 13.7. The molecule has 0 radical (unpaired) electrons. The molecule has 0 aliphatic rings. The summed E-state index contributed by atoms with van der Waals surface area (Å²) >= 11 is 12.0. The molecule has 0 bridgehead atoms. The van der Waals surface area contributed by atoms with Gasteiger partial charge in [-0.05, 0) is 67.7 Å². The van der Waals surface area contributed by atoms with Gasteiger partial charge in [0.25, 0.3) is 0 Å². The van der Waals surface area contributed by atoms with Crippen molar-refractivity contribution in [2.45, 2.75) is 11.8 Å². The van der Waals surface area contributed by atoms with Gasteiger partial charge in [0.1, 0.15) is 0 Å². The van der Waals surface area contributed by atoms with Crippen LogP contribution in [-0.4, -0.2) is 0 Å². The van der Waals surface area contributed by atoms with Gasteiger partial charge >= 0.3 is 0 Å². The van der Waals surface area contributed by atoms with E-state index in [-0.39, 0.29) is 0 Å². The van der Waals surface area contributed by atoms with Gasteiger partial charge in [0, 0.05) is 11.8 Å². The van der Waals surface area contributed by atoms with Crippen LogP contribution in [0.1, 0.15) is 11.1 Å². The molecule has 0 N–H and O–H groups in total. The highest BCUT2D eigenvalue weighted by Crippen LogP contribution is 2.36. The van der Waals surface area contributed by atoms with Crippen LogP contribution >= 0.6 is 23.2 Å². The van der Waals surface area contributed by atoms with E-state index in [9.17, 15) is 0 Å². The van der Waals surface area contributed by atoms with Gasteiger partial charge < -0.3 is 0 Å².